The average Bonchev–Trinajstić information content (AvgIpc) is 1.59. The van der Waals surface area contributed by atoms with E-state index in [0.29, 0.717) is 0 Å². The highest BCUT2D eigenvalue weighted by atomic mass is 16.5. The quantitative estimate of drug-likeness (QED) is 0.423. The molecule has 0 unspecified atom stereocenters. The summed E-state index contributed by atoms with van der Waals surface area (Å²) in [4.78, 5) is 0. The minimum Gasteiger partial charge on any atom is -0.489 e. The van der Waals surface area contributed by atoms with Gasteiger partial charge in [-0.05, 0) is 33.8 Å². The van der Waals surface area contributed by atoms with Crippen molar-refractivity contribution in [1.29, 1.82) is 0 Å². The molecule has 0 bridgehead atoms. The molecule has 0 radical (unpaired) electrons. The van der Waals surface area contributed by atoms with Gasteiger partial charge in [0, 0.05) is 0 Å². The van der Waals surface area contributed by atoms with Crippen molar-refractivity contribution in [3.05, 3.63) is 24.5 Å². The lowest BCUT2D eigenvalue weighted by Crippen LogP contribution is -2.17. The van der Waals surface area contributed by atoms with E-state index < -0.39 is 0 Å². The fourth-order valence-corrected chi connectivity index (χ4v) is 0.613. The summed E-state index contributed by atoms with van der Waals surface area (Å²) in [6.45, 7) is 11.7. The summed E-state index contributed by atoms with van der Waals surface area (Å²) in [5.74, 6) is 0.718. The van der Waals surface area contributed by atoms with Crippen molar-refractivity contribution < 1.29 is 4.74 Å². The van der Waals surface area contributed by atoms with Crippen molar-refractivity contribution in [1.82, 2.24) is 0 Å². The number of hydrogen-bond donors (Lipinski definition) is 0. The second-order valence-corrected chi connectivity index (χ2v) is 3.18. The Morgan fingerprint density at radius 2 is 1.90 bits per heavy atom. The number of allylic oxidation sites excluding steroid dienone is 2. The molecule has 10 heavy (non-hydrogen) atoms. The van der Waals surface area contributed by atoms with Crippen LogP contribution in [0.25, 0.3) is 0 Å². The van der Waals surface area contributed by atoms with Crippen LogP contribution in [0.1, 0.15) is 27.7 Å². The van der Waals surface area contributed by atoms with Gasteiger partial charge in [0.1, 0.15) is 11.4 Å². The Morgan fingerprint density at radius 3 is 2.20 bits per heavy atom. The Labute approximate surface area is 63.4 Å². The normalized spacial score (nSPS) is 12.0. The smallest absolute Gasteiger partial charge is 0.112 e. The van der Waals surface area contributed by atoms with E-state index in [9.17, 15) is 0 Å². The van der Waals surface area contributed by atoms with Crippen molar-refractivity contribution in [3.8, 4) is 0 Å². The zero-order valence-corrected chi connectivity index (χ0v) is 7.27. The van der Waals surface area contributed by atoms with Crippen LogP contribution in [0.4, 0.5) is 0 Å². The molecule has 0 aliphatic heterocycles. The van der Waals surface area contributed by atoms with Gasteiger partial charge < -0.3 is 4.74 Å². The molecule has 0 aromatic heterocycles. The maximum atomic E-state index is 5.40. The monoisotopic (exact) mass is 140 g/mol. The van der Waals surface area contributed by atoms with Gasteiger partial charge in [-0.1, -0.05) is 12.7 Å². The van der Waals surface area contributed by atoms with Crippen LogP contribution in [-0.2, 0) is 4.74 Å². The molecule has 0 atom stereocenters. The van der Waals surface area contributed by atoms with Crippen molar-refractivity contribution in [2.45, 2.75) is 33.3 Å². The third kappa shape index (κ3) is 5.42. The maximum absolute atomic E-state index is 5.40. The lowest BCUT2D eigenvalue weighted by Gasteiger charge is -2.20. The highest BCUT2D eigenvalue weighted by Crippen LogP contribution is 2.12. The largest absolute Gasteiger partial charge is 0.489 e. The average molecular weight is 140 g/mol. The molecule has 0 saturated carbocycles. The van der Waals surface area contributed by atoms with Crippen LogP contribution in [0.2, 0.25) is 0 Å². The van der Waals surface area contributed by atoms with Crippen molar-refractivity contribution >= 4 is 0 Å². The van der Waals surface area contributed by atoms with Gasteiger partial charge in [0.05, 0.1) is 0 Å². The predicted octanol–water partition coefficient (Wildman–Crippen LogP) is 2.89. The maximum Gasteiger partial charge on any atom is 0.112 e. The van der Waals surface area contributed by atoms with E-state index in [1.54, 1.807) is 0 Å². The van der Waals surface area contributed by atoms with Gasteiger partial charge in [0.15, 0.2) is 0 Å². The lowest BCUT2D eigenvalue weighted by atomic mass is 10.2. The van der Waals surface area contributed by atoms with E-state index in [4.69, 9.17) is 4.74 Å². The number of ether oxygens (including phenoxy) is 1. The number of rotatable bonds is 2. The standard InChI is InChI=1S/C9H16O/c1-6-7-8(2)10-9(3,4)5/h6-7H,2H2,1,3-5H3/b7-6-. The molecule has 1 nitrogen and oxygen atoms in total. The molecule has 0 spiro atoms. The molecule has 0 aliphatic carbocycles. The van der Waals surface area contributed by atoms with Crippen LogP contribution >= 0.6 is 0 Å². The molecule has 0 fully saturated rings. The van der Waals surface area contributed by atoms with E-state index >= 15 is 0 Å². The summed E-state index contributed by atoms with van der Waals surface area (Å²) in [5, 5.41) is 0. The van der Waals surface area contributed by atoms with Gasteiger partial charge in [0.25, 0.3) is 0 Å². The van der Waals surface area contributed by atoms with Gasteiger partial charge in [-0.2, -0.15) is 0 Å². The van der Waals surface area contributed by atoms with Gasteiger partial charge in [-0.15, -0.1) is 0 Å². The zero-order chi connectivity index (χ0) is 8.20. The topological polar surface area (TPSA) is 9.23 Å². The molecule has 1 heteroatoms. The van der Waals surface area contributed by atoms with Gasteiger partial charge in [-0.3, -0.25) is 0 Å². The number of hydrogen-bond acceptors (Lipinski definition) is 1. The molecule has 0 aromatic carbocycles. The van der Waals surface area contributed by atoms with Crippen molar-refractivity contribution in [2.24, 2.45) is 0 Å². The summed E-state index contributed by atoms with van der Waals surface area (Å²) in [5.41, 5.74) is -0.128. The Balaban J connectivity index is 3.81. The molecule has 0 aliphatic rings. The SMILES string of the molecule is C=C(/C=C\C)OC(C)(C)C. The predicted molar refractivity (Wildman–Crippen MR) is 44.8 cm³/mol. The van der Waals surface area contributed by atoms with Crippen LogP contribution in [0.3, 0.4) is 0 Å². The van der Waals surface area contributed by atoms with Gasteiger partial charge >= 0.3 is 0 Å². The second-order valence-electron chi connectivity index (χ2n) is 3.18. The summed E-state index contributed by atoms with van der Waals surface area (Å²) in [6.07, 6.45) is 3.76. The van der Waals surface area contributed by atoms with Crippen LogP contribution in [-0.4, -0.2) is 5.60 Å². The second kappa shape index (κ2) is 3.45. The van der Waals surface area contributed by atoms with Gasteiger partial charge in [-0.25, -0.2) is 0 Å². The zero-order valence-electron chi connectivity index (χ0n) is 7.27. The van der Waals surface area contributed by atoms with Crippen LogP contribution in [0, 0.1) is 0 Å². The fraction of sp³-hybridized carbons (Fsp3) is 0.556. The van der Waals surface area contributed by atoms with E-state index in [0.717, 1.165) is 5.76 Å². The Bertz CT molecular complexity index is 137. The minimum atomic E-state index is -0.128. The minimum absolute atomic E-state index is 0.128. The third-order valence-electron chi connectivity index (χ3n) is 0.790. The Hall–Kier alpha value is -0.720. The molecule has 0 heterocycles. The van der Waals surface area contributed by atoms with E-state index in [-0.39, 0.29) is 5.60 Å². The molecule has 0 rings (SSSR count). The third-order valence-corrected chi connectivity index (χ3v) is 0.790. The summed E-state index contributed by atoms with van der Waals surface area (Å²) < 4.78 is 5.40. The van der Waals surface area contributed by atoms with Crippen LogP contribution in [0.15, 0.2) is 24.5 Å². The van der Waals surface area contributed by atoms with Crippen LogP contribution < -0.4 is 0 Å². The van der Waals surface area contributed by atoms with Crippen molar-refractivity contribution in [3.63, 3.8) is 0 Å². The van der Waals surface area contributed by atoms with Gasteiger partial charge in [0.2, 0.25) is 0 Å². The highest BCUT2D eigenvalue weighted by Gasteiger charge is 2.10. The Kier molecular flexibility index (Phi) is 3.20. The molecular weight excluding hydrogens is 124 g/mol. The molecule has 0 N–H and O–H groups in total. The fourth-order valence-electron chi connectivity index (χ4n) is 0.613. The highest BCUT2D eigenvalue weighted by molar-refractivity contribution is 5.06. The molecular formula is C9H16O. The van der Waals surface area contributed by atoms with Crippen molar-refractivity contribution in [2.75, 3.05) is 0 Å². The first-order valence-electron chi connectivity index (χ1n) is 3.46. The molecule has 0 amide bonds. The Morgan fingerprint density at radius 1 is 1.40 bits per heavy atom. The molecule has 58 valence electrons. The lowest BCUT2D eigenvalue weighted by molar-refractivity contribution is 0.0609. The molecule has 0 saturated heterocycles. The van der Waals surface area contributed by atoms with E-state index in [1.807, 2.05) is 39.8 Å². The van der Waals surface area contributed by atoms with E-state index in [2.05, 4.69) is 6.58 Å². The first-order chi connectivity index (χ1) is 4.45. The summed E-state index contributed by atoms with van der Waals surface area (Å²) >= 11 is 0. The first kappa shape index (κ1) is 9.28. The summed E-state index contributed by atoms with van der Waals surface area (Å²) in [7, 11) is 0. The first-order valence-corrected chi connectivity index (χ1v) is 3.46. The van der Waals surface area contributed by atoms with E-state index in [1.165, 1.54) is 0 Å². The summed E-state index contributed by atoms with van der Waals surface area (Å²) in [6, 6.07) is 0. The molecule has 0 aromatic rings. The van der Waals surface area contributed by atoms with Crippen LogP contribution in [0.5, 0.6) is 0 Å².